The summed E-state index contributed by atoms with van der Waals surface area (Å²) in [5.74, 6) is 1.34. The van der Waals surface area contributed by atoms with Crippen LogP contribution in [-0.2, 0) is 17.8 Å². The SMILES string of the molecule is CCNC1=NCc2cc(CC(=O)C[C@H](CC)c3ccc(Cl)cc3)ncc21. The third-order valence-electron chi connectivity index (χ3n) is 4.74. The minimum atomic E-state index is 0.213. The number of carbonyl (C=O) groups excluding carboxylic acids is 1. The number of benzene rings is 1. The number of aromatic nitrogens is 1. The van der Waals surface area contributed by atoms with Crippen LogP contribution >= 0.6 is 11.6 Å². The van der Waals surface area contributed by atoms with Crippen molar-refractivity contribution in [2.24, 2.45) is 4.99 Å². The summed E-state index contributed by atoms with van der Waals surface area (Å²) in [4.78, 5) is 21.6. The van der Waals surface area contributed by atoms with Gasteiger partial charge in [0.15, 0.2) is 0 Å². The number of pyridine rings is 1. The third kappa shape index (κ3) is 4.31. The Balaban J connectivity index is 1.64. The highest BCUT2D eigenvalue weighted by molar-refractivity contribution is 6.30. The summed E-state index contributed by atoms with van der Waals surface area (Å²) < 4.78 is 0. The molecule has 0 unspecified atom stereocenters. The molecule has 136 valence electrons. The van der Waals surface area contributed by atoms with E-state index in [0.717, 1.165) is 46.2 Å². The van der Waals surface area contributed by atoms with Gasteiger partial charge in [-0.05, 0) is 48.6 Å². The van der Waals surface area contributed by atoms with Gasteiger partial charge in [-0.2, -0.15) is 0 Å². The number of ketones is 1. The first-order valence-corrected chi connectivity index (χ1v) is 9.52. The van der Waals surface area contributed by atoms with E-state index in [1.807, 2.05) is 43.5 Å². The Hall–Kier alpha value is -2.20. The number of rotatable bonds is 7. The average Bonchev–Trinajstić information content (AvgIpc) is 3.03. The molecule has 2 heterocycles. The van der Waals surface area contributed by atoms with Crippen LogP contribution in [0.5, 0.6) is 0 Å². The second kappa shape index (κ2) is 8.45. The van der Waals surface area contributed by atoms with Crippen LogP contribution in [0.25, 0.3) is 0 Å². The van der Waals surface area contributed by atoms with Gasteiger partial charge in [0.2, 0.25) is 0 Å². The van der Waals surface area contributed by atoms with E-state index in [9.17, 15) is 4.79 Å². The zero-order valence-electron chi connectivity index (χ0n) is 15.3. The molecule has 1 aromatic carbocycles. The Morgan fingerprint density at radius 3 is 2.73 bits per heavy atom. The molecule has 26 heavy (non-hydrogen) atoms. The molecule has 1 aromatic heterocycles. The molecule has 0 saturated heterocycles. The summed E-state index contributed by atoms with van der Waals surface area (Å²) >= 11 is 5.96. The lowest BCUT2D eigenvalue weighted by molar-refractivity contribution is -0.118. The molecule has 0 bridgehead atoms. The van der Waals surface area contributed by atoms with Gasteiger partial charge in [-0.15, -0.1) is 0 Å². The summed E-state index contributed by atoms with van der Waals surface area (Å²) in [6.45, 7) is 5.65. The van der Waals surface area contributed by atoms with E-state index in [1.165, 1.54) is 0 Å². The number of halogens is 1. The predicted octanol–water partition coefficient (Wildman–Crippen LogP) is 4.30. The Labute approximate surface area is 159 Å². The van der Waals surface area contributed by atoms with Crippen LogP contribution in [0, 0.1) is 0 Å². The Kier molecular flexibility index (Phi) is 6.04. The maximum atomic E-state index is 12.6. The van der Waals surface area contributed by atoms with E-state index < -0.39 is 0 Å². The second-order valence-corrected chi connectivity index (χ2v) is 7.04. The zero-order chi connectivity index (χ0) is 18.5. The number of nitrogens with zero attached hydrogens (tertiary/aromatic N) is 2. The van der Waals surface area contributed by atoms with Crippen LogP contribution < -0.4 is 5.32 Å². The van der Waals surface area contributed by atoms with Crippen molar-refractivity contribution in [2.75, 3.05) is 6.54 Å². The molecular formula is C21H24ClN3O. The number of aliphatic imine (C=N–C) groups is 1. The second-order valence-electron chi connectivity index (χ2n) is 6.60. The summed E-state index contributed by atoms with van der Waals surface area (Å²) in [5.41, 5.74) is 4.18. The molecule has 0 radical (unpaired) electrons. The number of hydrogen-bond acceptors (Lipinski definition) is 4. The molecule has 0 spiro atoms. The van der Waals surface area contributed by atoms with Crippen molar-refractivity contribution in [3.05, 3.63) is 63.9 Å². The van der Waals surface area contributed by atoms with Crippen molar-refractivity contribution < 1.29 is 4.79 Å². The lowest BCUT2D eigenvalue weighted by Crippen LogP contribution is -2.22. The zero-order valence-corrected chi connectivity index (χ0v) is 16.0. The molecule has 4 nitrogen and oxygen atoms in total. The van der Waals surface area contributed by atoms with Crippen LogP contribution in [0.1, 0.15) is 55.0 Å². The number of nitrogens with one attached hydrogen (secondary N) is 1. The molecular weight excluding hydrogens is 346 g/mol. The first-order valence-electron chi connectivity index (χ1n) is 9.14. The van der Waals surface area contributed by atoms with Crippen molar-refractivity contribution in [3.63, 3.8) is 0 Å². The van der Waals surface area contributed by atoms with E-state index >= 15 is 0 Å². The summed E-state index contributed by atoms with van der Waals surface area (Å²) in [6.07, 6.45) is 3.65. The van der Waals surface area contributed by atoms with Gasteiger partial charge in [0, 0.05) is 41.9 Å². The molecule has 0 saturated carbocycles. The molecule has 1 aliphatic heterocycles. The molecule has 0 amide bonds. The topological polar surface area (TPSA) is 54.4 Å². The number of hydrogen-bond donors (Lipinski definition) is 1. The lowest BCUT2D eigenvalue weighted by atomic mass is 9.90. The number of fused-ring (bicyclic) bond motifs is 1. The van der Waals surface area contributed by atoms with Crippen LogP contribution in [-0.4, -0.2) is 23.1 Å². The van der Waals surface area contributed by atoms with Crippen molar-refractivity contribution in [3.8, 4) is 0 Å². The van der Waals surface area contributed by atoms with E-state index in [2.05, 4.69) is 22.2 Å². The first-order chi connectivity index (χ1) is 12.6. The van der Waals surface area contributed by atoms with Crippen molar-refractivity contribution >= 4 is 23.2 Å². The van der Waals surface area contributed by atoms with Crippen LogP contribution in [0.2, 0.25) is 5.02 Å². The molecule has 1 aliphatic rings. The predicted molar refractivity (Wildman–Crippen MR) is 106 cm³/mol. The van der Waals surface area contributed by atoms with Crippen molar-refractivity contribution in [1.29, 1.82) is 0 Å². The first kappa shape index (κ1) is 18.6. The van der Waals surface area contributed by atoms with Crippen LogP contribution in [0.4, 0.5) is 0 Å². The fourth-order valence-electron chi connectivity index (χ4n) is 3.34. The fourth-order valence-corrected chi connectivity index (χ4v) is 3.46. The van der Waals surface area contributed by atoms with Gasteiger partial charge in [0.05, 0.1) is 6.54 Å². The van der Waals surface area contributed by atoms with E-state index in [0.29, 0.717) is 19.4 Å². The highest BCUT2D eigenvalue weighted by Crippen LogP contribution is 2.26. The smallest absolute Gasteiger partial charge is 0.139 e. The fraction of sp³-hybridized carbons (Fsp3) is 0.381. The standard InChI is InChI=1S/C21H24ClN3O/c1-3-14(15-5-7-17(22)8-6-15)10-19(26)11-18-9-16-12-25-21(23-4-2)20(16)13-24-18/h5-9,13-14H,3-4,10-12H2,1-2H3,(H,23,25)/t14-/m0/s1. The maximum Gasteiger partial charge on any atom is 0.139 e. The summed E-state index contributed by atoms with van der Waals surface area (Å²) in [5, 5.41) is 3.97. The van der Waals surface area contributed by atoms with E-state index in [1.54, 1.807) is 0 Å². The molecule has 5 heteroatoms. The van der Waals surface area contributed by atoms with Crippen molar-refractivity contribution in [2.45, 2.75) is 45.6 Å². The maximum absolute atomic E-state index is 12.6. The summed E-state index contributed by atoms with van der Waals surface area (Å²) in [6, 6.07) is 9.81. The molecule has 0 aliphatic carbocycles. The van der Waals surface area contributed by atoms with Crippen LogP contribution in [0.15, 0.2) is 41.5 Å². The molecule has 1 atom stereocenters. The van der Waals surface area contributed by atoms with Gasteiger partial charge in [0.25, 0.3) is 0 Å². The molecule has 2 aromatic rings. The average molecular weight is 370 g/mol. The number of amidine groups is 1. The largest absolute Gasteiger partial charge is 0.370 e. The minimum Gasteiger partial charge on any atom is -0.370 e. The quantitative estimate of drug-likeness (QED) is 0.791. The monoisotopic (exact) mass is 369 g/mol. The molecule has 3 rings (SSSR count). The van der Waals surface area contributed by atoms with E-state index in [-0.39, 0.29) is 11.7 Å². The van der Waals surface area contributed by atoms with E-state index in [4.69, 9.17) is 11.6 Å². The van der Waals surface area contributed by atoms with Gasteiger partial charge < -0.3 is 5.32 Å². The molecule has 0 fully saturated rings. The van der Waals surface area contributed by atoms with Crippen molar-refractivity contribution in [1.82, 2.24) is 10.3 Å². The van der Waals surface area contributed by atoms with Gasteiger partial charge >= 0.3 is 0 Å². The third-order valence-corrected chi connectivity index (χ3v) is 4.99. The van der Waals surface area contributed by atoms with Gasteiger partial charge in [-0.1, -0.05) is 30.7 Å². The van der Waals surface area contributed by atoms with Gasteiger partial charge in [0.1, 0.15) is 11.6 Å². The van der Waals surface area contributed by atoms with Crippen LogP contribution in [0.3, 0.4) is 0 Å². The summed E-state index contributed by atoms with van der Waals surface area (Å²) in [7, 11) is 0. The Morgan fingerprint density at radius 2 is 2.04 bits per heavy atom. The number of Topliss-reactive ketones (excluding diaryl/α,β-unsaturated/α-hetero) is 1. The van der Waals surface area contributed by atoms with Gasteiger partial charge in [-0.3, -0.25) is 14.8 Å². The lowest BCUT2D eigenvalue weighted by Gasteiger charge is -2.15. The molecule has 1 N–H and O–H groups in total. The Bertz CT molecular complexity index is 815. The number of carbonyl (C=O) groups is 1. The Morgan fingerprint density at radius 1 is 1.27 bits per heavy atom. The normalized spacial score (nSPS) is 13.9. The highest BCUT2D eigenvalue weighted by atomic mass is 35.5. The van der Waals surface area contributed by atoms with Gasteiger partial charge in [-0.25, -0.2) is 0 Å². The minimum absolute atomic E-state index is 0.213. The highest BCUT2D eigenvalue weighted by Gasteiger charge is 2.19.